The quantitative estimate of drug-likeness (QED) is 0.460. The summed E-state index contributed by atoms with van der Waals surface area (Å²) in [5.41, 5.74) is 11.3. The van der Waals surface area contributed by atoms with E-state index in [9.17, 15) is 0 Å². The summed E-state index contributed by atoms with van der Waals surface area (Å²) in [7, 11) is 0. The molecule has 0 aromatic carbocycles. The Morgan fingerprint density at radius 1 is 1.40 bits per heavy atom. The molecular formula is C7H17N3. The zero-order valence-electron chi connectivity index (χ0n) is 6.34. The Morgan fingerprint density at radius 3 is 2.90 bits per heavy atom. The van der Waals surface area contributed by atoms with Gasteiger partial charge in [-0.05, 0) is 12.8 Å². The number of rotatable bonds is 1. The first-order valence-corrected chi connectivity index (χ1v) is 4.02. The van der Waals surface area contributed by atoms with Crippen molar-refractivity contribution >= 4 is 0 Å². The Bertz CT molecular complexity index is 94.9. The van der Waals surface area contributed by atoms with Gasteiger partial charge in [-0.15, -0.1) is 0 Å². The van der Waals surface area contributed by atoms with Gasteiger partial charge in [-0.1, -0.05) is 6.42 Å². The maximum atomic E-state index is 5.75. The van der Waals surface area contributed by atoms with Crippen molar-refractivity contribution in [2.45, 2.75) is 31.3 Å². The van der Waals surface area contributed by atoms with Crippen molar-refractivity contribution < 1.29 is 0 Å². The molecule has 1 aliphatic rings. The van der Waals surface area contributed by atoms with Crippen LogP contribution in [0.4, 0.5) is 0 Å². The van der Waals surface area contributed by atoms with Crippen LogP contribution in [-0.4, -0.2) is 25.2 Å². The average Bonchev–Trinajstić information content (AvgIpc) is 2.14. The molecule has 0 aromatic rings. The van der Waals surface area contributed by atoms with E-state index in [0.29, 0.717) is 12.1 Å². The van der Waals surface area contributed by atoms with Gasteiger partial charge in [0.15, 0.2) is 0 Å². The Balaban J connectivity index is 2.26. The average molecular weight is 143 g/mol. The molecule has 0 aliphatic carbocycles. The molecule has 0 spiro atoms. The summed E-state index contributed by atoms with van der Waals surface area (Å²) in [5.74, 6) is 0. The van der Waals surface area contributed by atoms with Gasteiger partial charge in [0.05, 0.1) is 0 Å². The molecule has 0 bridgehead atoms. The van der Waals surface area contributed by atoms with Crippen LogP contribution in [0.3, 0.4) is 0 Å². The second kappa shape index (κ2) is 3.91. The first-order valence-electron chi connectivity index (χ1n) is 4.02. The fourth-order valence-electron chi connectivity index (χ4n) is 1.35. The fourth-order valence-corrected chi connectivity index (χ4v) is 1.35. The van der Waals surface area contributed by atoms with Gasteiger partial charge in [-0.25, -0.2) is 0 Å². The zero-order valence-corrected chi connectivity index (χ0v) is 6.34. The van der Waals surface area contributed by atoms with Crippen molar-refractivity contribution in [2.24, 2.45) is 11.5 Å². The lowest BCUT2D eigenvalue weighted by molar-refractivity contribution is 0.511. The van der Waals surface area contributed by atoms with E-state index in [1.807, 2.05) is 0 Å². The molecule has 1 rings (SSSR count). The summed E-state index contributed by atoms with van der Waals surface area (Å²) in [6, 6.07) is 0.852. The third-order valence-corrected chi connectivity index (χ3v) is 2.08. The molecule has 1 heterocycles. The van der Waals surface area contributed by atoms with E-state index >= 15 is 0 Å². The van der Waals surface area contributed by atoms with E-state index in [0.717, 1.165) is 19.5 Å². The summed E-state index contributed by atoms with van der Waals surface area (Å²) in [4.78, 5) is 0. The van der Waals surface area contributed by atoms with Crippen LogP contribution < -0.4 is 16.8 Å². The van der Waals surface area contributed by atoms with Gasteiger partial charge in [0.1, 0.15) is 0 Å². The highest BCUT2D eigenvalue weighted by Crippen LogP contribution is 2.06. The van der Waals surface area contributed by atoms with Crippen LogP contribution in [0, 0.1) is 0 Å². The second-order valence-corrected chi connectivity index (χ2v) is 3.03. The van der Waals surface area contributed by atoms with Gasteiger partial charge in [-0.2, -0.15) is 0 Å². The van der Waals surface area contributed by atoms with E-state index in [1.165, 1.54) is 12.8 Å². The Labute approximate surface area is 62.2 Å². The minimum atomic E-state index is 0.344. The molecule has 3 heteroatoms. The topological polar surface area (TPSA) is 64.1 Å². The summed E-state index contributed by atoms with van der Waals surface area (Å²) in [5, 5.41) is 3.33. The Kier molecular flexibility index (Phi) is 3.12. The van der Waals surface area contributed by atoms with E-state index < -0.39 is 0 Å². The molecule has 1 aliphatic heterocycles. The van der Waals surface area contributed by atoms with Crippen LogP contribution in [0.5, 0.6) is 0 Å². The maximum absolute atomic E-state index is 5.75. The van der Waals surface area contributed by atoms with Crippen molar-refractivity contribution in [3.05, 3.63) is 0 Å². The van der Waals surface area contributed by atoms with Crippen LogP contribution in [0.15, 0.2) is 0 Å². The molecule has 10 heavy (non-hydrogen) atoms. The molecule has 1 fully saturated rings. The van der Waals surface area contributed by atoms with Crippen molar-refractivity contribution in [3.63, 3.8) is 0 Å². The number of hydrogen-bond donors (Lipinski definition) is 3. The number of hydrogen-bond acceptors (Lipinski definition) is 3. The minimum Gasteiger partial charge on any atom is -0.329 e. The molecular weight excluding hydrogens is 126 g/mol. The lowest BCUT2D eigenvalue weighted by Gasteiger charge is -2.12. The Hall–Kier alpha value is -0.120. The van der Waals surface area contributed by atoms with Gasteiger partial charge < -0.3 is 16.8 Å². The van der Waals surface area contributed by atoms with Crippen molar-refractivity contribution in [1.82, 2.24) is 5.32 Å². The highest BCUT2D eigenvalue weighted by atomic mass is 15.0. The molecule has 60 valence electrons. The minimum absolute atomic E-state index is 0.344. The summed E-state index contributed by atoms with van der Waals surface area (Å²) >= 11 is 0. The Morgan fingerprint density at radius 2 is 2.20 bits per heavy atom. The second-order valence-electron chi connectivity index (χ2n) is 3.03. The number of nitrogens with two attached hydrogens (primary N) is 2. The SMILES string of the molecule is NC[C@H]1CCC[C@@H](N)CN1. The lowest BCUT2D eigenvalue weighted by atomic mass is 10.1. The predicted molar refractivity (Wildman–Crippen MR) is 42.7 cm³/mol. The van der Waals surface area contributed by atoms with E-state index in [1.54, 1.807) is 0 Å². The summed E-state index contributed by atoms with van der Waals surface area (Å²) in [6.07, 6.45) is 3.55. The third kappa shape index (κ3) is 2.25. The molecule has 0 saturated carbocycles. The van der Waals surface area contributed by atoms with Gasteiger partial charge in [-0.3, -0.25) is 0 Å². The fraction of sp³-hybridized carbons (Fsp3) is 1.00. The molecule has 0 amide bonds. The standard InChI is InChI=1S/C7H17N3/c8-4-7-3-1-2-6(9)5-10-7/h6-7,10H,1-5,8-9H2/t6-,7-/m1/s1. The van der Waals surface area contributed by atoms with E-state index in [4.69, 9.17) is 11.5 Å². The number of nitrogens with one attached hydrogen (secondary N) is 1. The maximum Gasteiger partial charge on any atom is 0.0190 e. The highest BCUT2D eigenvalue weighted by molar-refractivity contribution is 4.77. The van der Waals surface area contributed by atoms with Gasteiger partial charge in [0.25, 0.3) is 0 Å². The highest BCUT2D eigenvalue weighted by Gasteiger charge is 2.13. The van der Waals surface area contributed by atoms with Gasteiger partial charge >= 0.3 is 0 Å². The lowest BCUT2D eigenvalue weighted by Crippen LogP contribution is -2.40. The molecule has 0 aromatic heterocycles. The van der Waals surface area contributed by atoms with Crippen LogP contribution in [0.25, 0.3) is 0 Å². The van der Waals surface area contributed by atoms with Crippen LogP contribution in [-0.2, 0) is 0 Å². The monoisotopic (exact) mass is 143 g/mol. The van der Waals surface area contributed by atoms with Gasteiger partial charge in [0, 0.05) is 25.2 Å². The summed E-state index contributed by atoms with van der Waals surface area (Å²) < 4.78 is 0. The molecule has 0 radical (unpaired) electrons. The van der Waals surface area contributed by atoms with E-state index in [2.05, 4.69) is 5.32 Å². The van der Waals surface area contributed by atoms with Crippen molar-refractivity contribution in [2.75, 3.05) is 13.1 Å². The molecule has 5 N–H and O–H groups in total. The molecule has 1 saturated heterocycles. The van der Waals surface area contributed by atoms with Crippen LogP contribution in [0.1, 0.15) is 19.3 Å². The van der Waals surface area contributed by atoms with Gasteiger partial charge in [0.2, 0.25) is 0 Å². The zero-order chi connectivity index (χ0) is 7.40. The molecule has 3 nitrogen and oxygen atoms in total. The molecule has 0 unspecified atom stereocenters. The largest absolute Gasteiger partial charge is 0.329 e. The van der Waals surface area contributed by atoms with Crippen LogP contribution in [0.2, 0.25) is 0 Å². The van der Waals surface area contributed by atoms with Crippen molar-refractivity contribution in [1.29, 1.82) is 0 Å². The smallest absolute Gasteiger partial charge is 0.0190 e. The first-order chi connectivity index (χ1) is 4.83. The summed E-state index contributed by atoms with van der Waals surface area (Å²) in [6.45, 7) is 1.68. The predicted octanol–water partition coefficient (Wildman–Crippen LogP) is -0.585. The third-order valence-electron chi connectivity index (χ3n) is 2.08. The van der Waals surface area contributed by atoms with E-state index in [-0.39, 0.29) is 0 Å². The van der Waals surface area contributed by atoms with Crippen LogP contribution >= 0.6 is 0 Å². The molecule has 2 atom stereocenters. The first kappa shape index (κ1) is 7.98. The van der Waals surface area contributed by atoms with Crippen molar-refractivity contribution in [3.8, 4) is 0 Å². The normalized spacial score (nSPS) is 35.4.